The second kappa shape index (κ2) is 52.2. The Labute approximate surface area is 827 Å². The first-order valence-electron chi connectivity index (χ1n) is 46.9. The van der Waals surface area contributed by atoms with Gasteiger partial charge in [-0.2, -0.15) is 0 Å². The standard InChI is InChI=1S/C82H137N5O59/c1-18-40(101)53(114)58(119)76(126-18)124-17-34-65(49(110)35(71(123)128-34)83-20(3)96)138-73-37(85-22(5)98)50(111)63(31(14-94)134-73)140-79-61(122)66(142-81-69(57(118)45(106)28(11-91)132-81)145-75-38(86-23(6)99)51(112)62(30(13-93)135-75)139-78-60(121)55(116)43(104)26(9-89)130-78)47(108)33(137-79)16-125-80-68(56(117)44(105)27(10-90)131-80)144-74-39(87-24(7)100)52(113)64(32(15-95)136-74)141-82-70(146-77-59(120)54(115)41(102)19(2)127-77)67(46(107)29(12-92)133-82)143-72-36(84-21(4)97)48(109)42(103)25(8-88)129-72/h18-19,25-82,88-95,101-123H,8-17H2,1-7H3,(H,83,96)(H,84,97)(H,85,98)(H,86,99)(H,87,100)/t18-,19-,25+,26+,27+,28+,29+,30+,31+,32+,33+,34+,35+,36+,37+,38+,39+,40+,41+,42-,43-,44+,45+,46-,47+,48+,49+,50+,51+,52+,53+,54+,55-,56-,57-,58-,59-,60+,61-,62+,63+,64+,65+,66-,67-,68-,69-,70+,71+,72+,73-,74-,75-,76+,77-,78-,79-,80-,81+,82-/m0/s1. The number of carbonyl (C=O) groups is 5. The monoisotopic (exact) mass is 2140 g/mol. The zero-order valence-electron chi connectivity index (χ0n) is 79.0. The van der Waals surface area contributed by atoms with E-state index in [9.17, 15) is 182 Å². The predicted molar refractivity (Wildman–Crippen MR) is 450 cm³/mol. The van der Waals surface area contributed by atoms with E-state index in [0.29, 0.717) is 0 Å². The van der Waals surface area contributed by atoms with Crippen molar-refractivity contribution in [3.63, 3.8) is 0 Å². The number of rotatable bonds is 37. The highest BCUT2D eigenvalue weighted by atomic mass is 16.8. The van der Waals surface area contributed by atoms with E-state index in [4.69, 9.17) is 109 Å². The predicted octanol–water partition coefficient (Wildman–Crippen LogP) is -24.4. The van der Waals surface area contributed by atoms with Crippen molar-refractivity contribution in [2.75, 3.05) is 66.1 Å². The van der Waals surface area contributed by atoms with Crippen LogP contribution < -0.4 is 26.6 Å². The molecule has 60 atom stereocenters. The number of carbonyl (C=O) groups excluding carboxylic acids is 5. The second-order valence-corrected chi connectivity index (χ2v) is 37.3. The quantitative estimate of drug-likeness (QED) is 0.0275. The SMILES string of the molecule is CC(=O)N[C@@H]1[C@@H](O)[C@H](O[C@@H]2O[C@H](CO)[C@@H](O[C@@H]3O[C@H](CO[C@H]4O[C@H](CO)[C@@H](O)[C@H](O)[C@@H]4O[C@@H]4O[C@H](CO)[C@@H](O[C@@H]5O[C@H](CO)[C@H](O)[C@H](O[C@H]6O[C@H](CO)[C@H](O)[C@H](O)[C@H]6NC(C)=O)[C@H]5O[C@@H]5O[C@@H](C)[C@@H](O)[C@@H](O)[C@@H]5O)[C@H](O)[C@H]4NC(C)=O)[C@@H](O)[C@H](O[C@H]4O[C@H](CO)[C@@H](O)[C@H](O)[C@@H]4O[C@@H]4O[C@H](CO)[C@@H](O[C@@H]5O[C@H](CO)[C@H](O)[C@H](O)[C@H]5O)[C@H](O)[C@H]4NC(C)=O)[C@@H]3O)[C@H](O)[C@H]2NC(C)=O)[C@@H](CO[C@@H]2O[C@@H](C)[C@@H](O)[C@@H](O)[C@@H]2O)O[C@H]1O. The summed E-state index contributed by atoms with van der Waals surface area (Å²) in [6.07, 6.45) is -117. The van der Waals surface area contributed by atoms with E-state index < -0.39 is 464 Å². The van der Waals surface area contributed by atoms with E-state index in [1.807, 2.05) is 0 Å². The van der Waals surface area contributed by atoms with Gasteiger partial charge in [0.25, 0.3) is 0 Å². The Bertz CT molecular complexity index is 4090. The Kier molecular flexibility index (Phi) is 42.8. The van der Waals surface area contributed by atoms with Crippen LogP contribution in [0.3, 0.4) is 0 Å². The summed E-state index contributed by atoms with van der Waals surface area (Å²) in [6.45, 7) is -4.60. The lowest BCUT2D eigenvalue weighted by atomic mass is 9.93. The lowest BCUT2D eigenvalue weighted by molar-refractivity contribution is -0.404. The third kappa shape index (κ3) is 26.4. The van der Waals surface area contributed by atoms with Gasteiger partial charge in [-0.15, -0.1) is 0 Å². The highest BCUT2D eigenvalue weighted by molar-refractivity contribution is 5.75. The van der Waals surface area contributed by atoms with Crippen LogP contribution in [-0.2, 0) is 133 Å². The molecule has 12 heterocycles. The molecule has 64 nitrogen and oxygen atoms in total. The van der Waals surface area contributed by atoms with Crippen molar-refractivity contribution in [1.29, 1.82) is 0 Å². The largest absolute Gasteiger partial charge is 0.394 e. The van der Waals surface area contributed by atoms with Gasteiger partial charge in [0.15, 0.2) is 75.5 Å². The summed E-state index contributed by atoms with van der Waals surface area (Å²) in [4.78, 5) is 65.2. The molecule has 0 aromatic rings. The van der Waals surface area contributed by atoms with Gasteiger partial charge in [-0.05, 0) is 13.8 Å². The van der Waals surface area contributed by atoms with Crippen molar-refractivity contribution < 1.29 is 291 Å². The van der Waals surface area contributed by atoms with Crippen LogP contribution in [0.25, 0.3) is 0 Å². The van der Waals surface area contributed by atoms with Crippen LogP contribution in [0, 0.1) is 0 Å². The Balaban J connectivity index is 0.875. The number of nitrogens with one attached hydrogen (secondary N) is 5. The number of amides is 5. The summed E-state index contributed by atoms with van der Waals surface area (Å²) >= 11 is 0. The molecular formula is C82H137N5O59. The van der Waals surface area contributed by atoms with Crippen molar-refractivity contribution >= 4 is 29.5 Å². The van der Waals surface area contributed by atoms with Crippen LogP contribution in [0.5, 0.6) is 0 Å². The maximum absolute atomic E-state index is 13.5. The van der Waals surface area contributed by atoms with Gasteiger partial charge >= 0.3 is 0 Å². The maximum Gasteiger partial charge on any atom is 0.217 e. The average molecular weight is 2140 g/mol. The lowest BCUT2D eigenvalue weighted by Crippen LogP contribution is -2.71. The van der Waals surface area contributed by atoms with Gasteiger partial charge in [-0.25, -0.2) is 0 Å². The molecule has 0 aromatic carbocycles. The molecule has 0 spiro atoms. The van der Waals surface area contributed by atoms with Gasteiger partial charge in [0.1, 0.15) is 280 Å². The van der Waals surface area contributed by atoms with Gasteiger partial charge in [-0.1, -0.05) is 0 Å². The number of hydrogen-bond acceptors (Lipinski definition) is 59. The Morgan fingerprint density at radius 1 is 0.192 bits per heavy atom. The molecule has 146 heavy (non-hydrogen) atoms. The van der Waals surface area contributed by atoms with E-state index in [1.165, 1.54) is 13.8 Å². The van der Waals surface area contributed by atoms with E-state index >= 15 is 0 Å². The van der Waals surface area contributed by atoms with Gasteiger partial charge in [0.2, 0.25) is 29.5 Å². The van der Waals surface area contributed by atoms with Crippen LogP contribution >= 0.6 is 0 Å². The summed E-state index contributed by atoms with van der Waals surface area (Å²) in [6, 6.07) is -9.85. The molecule has 12 aliphatic rings. The van der Waals surface area contributed by atoms with Gasteiger partial charge in [0.05, 0.1) is 78.3 Å². The van der Waals surface area contributed by atoms with Crippen molar-refractivity contribution in [1.82, 2.24) is 26.6 Å². The fraction of sp³-hybridized carbons (Fsp3) is 0.939. The molecule has 0 saturated carbocycles. The van der Waals surface area contributed by atoms with Crippen molar-refractivity contribution in [3.8, 4) is 0 Å². The number of ether oxygens (including phenoxy) is 23. The second-order valence-electron chi connectivity index (χ2n) is 37.3. The van der Waals surface area contributed by atoms with Crippen LogP contribution in [0.4, 0.5) is 0 Å². The zero-order valence-corrected chi connectivity index (χ0v) is 79.0. The molecule has 5 amide bonds. The molecule has 64 heteroatoms. The molecule has 36 N–H and O–H groups in total. The molecule has 844 valence electrons. The van der Waals surface area contributed by atoms with Gasteiger partial charge < -0.3 is 294 Å². The molecule has 0 aromatic heterocycles. The number of aliphatic hydroxyl groups is 31. The Morgan fingerprint density at radius 3 is 0.863 bits per heavy atom. The molecule has 12 saturated heterocycles. The van der Waals surface area contributed by atoms with E-state index in [-0.39, 0.29) is 0 Å². The van der Waals surface area contributed by atoms with E-state index in [1.54, 1.807) is 0 Å². The Morgan fingerprint density at radius 2 is 0.438 bits per heavy atom. The number of aliphatic hydroxyl groups excluding tert-OH is 31. The molecule has 0 unspecified atom stereocenters. The fourth-order valence-corrected chi connectivity index (χ4v) is 19.1. The van der Waals surface area contributed by atoms with Crippen LogP contribution in [0.2, 0.25) is 0 Å². The highest BCUT2D eigenvalue weighted by Gasteiger charge is 2.64. The number of hydrogen-bond donors (Lipinski definition) is 36. The third-order valence-electron chi connectivity index (χ3n) is 27.0. The third-order valence-corrected chi connectivity index (χ3v) is 27.0. The van der Waals surface area contributed by atoms with Crippen LogP contribution in [-0.4, -0.2) is 622 Å². The Hall–Kier alpha value is -4.81. The van der Waals surface area contributed by atoms with Crippen molar-refractivity contribution in [2.45, 2.75) is 417 Å². The van der Waals surface area contributed by atoms with E-state index in [2.05, 4.69) is 26.6 Å². The van der Waals surface area contributed by atoms with Gasteiger partial charge in [0, 0.05) is 34.6 Å². The molecule has 12 rings (SSSR count). The minimum absolute atomic E-state index is 0.872. The first-order chi connectivity index (χ1) is 69.0. The van der Waals surface area contributed by atoms with Gasteiger partial charge in [-0.3, -0.25) is 24.0 Å². The highest BCUT2D eigenvalue weighted by Crippen LogP contribution is 2.43. The summed E-state index contributed by atoms with van der Waals surface area (Å²) in [5, 5.41) is 364. The molecular weight excluding hydrogens is 2000 g/mol. The van der Waals surface area contributed by atoms with Crippen molar-refractivity contribution in [2.24, 2.45) is 0 Å². The summed E-state index contributed by atoms with van der Waals surface area (Å²) in [7, 11) is 0. The molecule has 12 fully saturated rings. The molecule has 0 radical (unpaired) electrons. The van der Waals surface area contributed by atoms with Crippen molar-refractivity contribution in [3.05, 3.63) is 0 Å². The lowest BCUT2D eigenvalue weighted by Gasteiger charge is -2.51. The van der Waals surface area contributed by atoms with Crippen LogP contribution in [0.15, 0.2) is 0 Å². The van der Waals surface area contributed by atoms with E-state index in [0.717, 1.165) is 34.6 Å². The zero-order chi connectivity index (χ0) is 107. The topological polar surface area (TPSA) is 985 Å². The molecule has 0 aliphatic carbocycles. The molecule has 0 bridgehead atoms. The minimum atomic E-state index is -2.70. The molecule has 12 aliphatic heterocycles. The average Bonchev–Trinajstić information content (AvgIpc) is 0.847. The normalized spacial score (nSPS) is 49.8. The maximum atomic E-state index is 13.5. The van der Waals surface area contributed by atoms with Crippen LogP contribution in [0.1, 0.15) is 48.5 Å². The fourth-order valence-electron chi connectivity index (χ4n) is 19.1. The summed E-state index contributed by atoms with van der Waals surface area (Å²) in [5.41, 5.74) is 0. The first kappa shape index (κ1) is 120. The summed E-state index contributed by atoms with van der Waals surface area (Å²) in [5.74, 6) is -4.85. The summed E-state index contributed by atoms with van der Waals surface area (Å²) < 4.78 is 139. The minimum Gasteiger partial charge on any atom is -0.394 e. The first-order valence-corrected chi connectivity index (χ1v) is 46.9. The smallest absolute Gasteiger partial charge is 0.217 e.